The Hall–Kier alpha value is -2.31. The number of hydrogen-bond acceptors (Lipinski definition) is 3. The van der Waals surface area contributed by atoms with Crippen molar-refractivity contribution in [2.24, 2.45) is 0 Å². The first-order valence-corrected chi connectivity index (χ1v) is 11.0. The summed E-state index contributed by atoms with van der Waals surface area (Å²) in [6, 6.07) is 12.4. The van der Waals surface area contributed by atoms with Crippen LogP contribution in [0.15, 0.2) is 36.4 Å². The van der Waals surface area contributed by atoms with E-state index < -0.39 is 0 Å². The fraction of sp³-hybridized carbons (Fsp3) is 0.458. The van der Waals surface area contributed by atoms with Crippen molar-refractivity contribution in [1.29, 1.82) is 0 Å². The topological polar surface area (TPSA) is 38.2 Å². The zero-order chi connectivity index (χ0) is 22.1. The van der Waals surface area contributed by atoms with E-state index in [0.717, 1.165) is 47.4 Å². The molecular weight excluding hydrogens is 394 g/mol. The zero-order valence-electron chi connectivity index (χ0n) is 19.2. The number of quaternary nitrogens is 1. The standard InChI is InChI=1S/C24H35N3O2S/c1-7-29-22-12-10-20(16-23(22)28-6)17-27(14-8-13-26(4)5)24(30)25-21-11-9-18(2)19(3)15-21/h9-12,15-16H,7-8,13-14,17H2,1-6H3,(H,25,30)/p+1. The van der Waals surface area contributed by atoms with Gasteiger partial charge in [-0.2, -0.15) is 0 Å². The average Bonchev–Trinajstić information content (AvgIpc) is 2.71. The van der Waals surface area contributed by atoms with Gasteiger partial charge in [-0.05, 0) is 73.9 Å². The largest absolute Gasteiger partial charge is 0.493 e. The quantitative estimate of drug-likeness (QED) is 0.565. The molecule has 0 radical (unpaired) electrons. The molecule has 0 heterocycles. The molecule has 2 rings (SSSR count). The SMILES string of the molecule is CCOc1ccc(CN(CCC[NH+](C)C)C(=S)Nc2ccc(C)c(C)c2)cc1OC. The molecule has 0 amide bonds. The molecule has 0 fully saturated rings. The van der Waals surface area contributed by atoms with Gasteiger partial charge in [-0.15, -0.1) is 0 Å². The maximum atomic E-state index is 5.79. The van der Waals surface area contributed by atoms with Gasteiger partial charge in [0.25, 0.3) is 0 Å². The first-order chi connectivity index (χ1) is 14.3. The lowest BCUT2D eigenvalue weighted by Crippen LogP contribution is -3.05. The van der Waals surface area contributed by atoms with Crippen molar-refractivity contribution in [2.45, 2.75) is 33.7 Å². The number of nitrogens with zero attached hydrogens (tertiary/aromatic N) is 1. The first kappa shape index (κ1) is 24.0. The fourth-order valence-electron chi connectivity index (χ4n) is 3.20. The highest BCUT2D eigenvalue weighted by molar-refractivity contribution is 7.80. The van der Waals surface area contributed by atoms with Gasteiger partial charge in [0.15, 0.2) is 16.6 Å². The van der Waals surface area contributed by atoms with E-state index in [4.69, 9.17) is 21.7 Å². The molecule has 0 aliphatic carbocycles. The Morgan fingerprint density at radius 1 is 1.07 bits per heavy atom. The van der Waals surface area contributed by atoms with Crippen LogP contribution >= 0.6 is 12.2 Å². The highest BCUT2D eigenvalue weighted by atomic mass is 32.1. The summed E-state index contributed by atoms with van der Waals surface area (Å²) >= 11 is 5.79. The van der Waals surface area contributed by atoms with Gasteiger partial charge in [0, 0.05) is 25.2 Å². The molecule has 0 saturated heterocycles. The lowest BCUT2D eigenvalue weighted by molar-refractivity contribution is -0.858. The van der Waals surface area contributed by atoms with E-state index in [1.54, 1.807) is 7.11 Å². The monoisotopic (exact) mass is 430 g/mol. The smallest absolute Gasteiger partial charge is 0.173 e. The summed E-state index contributed by atoms with van der Waals surface area (Å²) in [7, 11) is 6.02. The molecular formula is C24H36N3O2S+. The van der Waals surface area contributed by atoms with Crippen molar-refractivity contribution in [3.8, 4) is 11.5 Å². The predicted octanol–water partition coefficient (Wildman–Crippen LogP) is 3.44. The van der Waals surface area contributed by atoms with E-state index in [-0.39, 0.29) is 0 Å². The van der Waals surface area contributed by atoms with Gasteiger partial charge < -0.3 is 24.6 Å². The van der Waals surface area contributed by atoms with Gasteiger partial charge in [0.1, 0.15) is 0 Å². The Balaban J connectivity index is 2.17. The Morgan fingerprint density at radius 2 is 1.83 bits per heavy atom. The van der Waals surface area contributed by atoms with Crippen LogP contribution in [0.1, 0.15) is 30.0 Å². The van der Waals surface area contributed by atoms with E-state index in [9.17, 15) is 0 Å². The highest BCUT2D eigenvalue weighted by Gasteiger charge is 2.14. The van der Waals surface area contributed by atoms with Crippen LogP contribution in [-0.2, 0) is 6.54 Å². The van der Waals surface area contributed by atoms with Crippen molar-refractivity contribution in [1.82, 2.24) is 4.90 Å². The van der Waals surface area contributed by atoms with Gasteiger partial charge in [0.2, 0.25) is 0 Å². The Kier molecular flexibility index (Phi) is 9.40. The van der Waals surface area contributed by atoms with Crippen LogP contribution in [0.2, 0.25) is 0 Å². The predicted molar refractivity (Wildman–Crippen MR) is 129 cm³/mol. The van der Waals surface area contributed by atoms with Crippen LogP contribution in [0.5, 0.6) is 11.5 Å². The van der Waals surface area contributed by atoms with Gasteiger partial charge >= 0.3 is 0 Å². The second kappa shape index (κ2) is 11.8. The maximum absolute atomic E-state index is 5.79. The second-order valence-electron chi connectivity index (χ2n) is 7.88. The first-order valence-electron chi connectivity index (χ1n) is 10.6. The summed E-state index contributed by atoms with van der Waals surface area (Å²) in [6.07, 6.45) is 1.06. The molecule has 0 bridgehead atoms. The lowest BCUT2D eigenvalue weighted by Gasteiger charge is -2.27. The highest BCUT2D eigenvalue weighted by Crippen LogP contribution is 2.28. The van der Waals surface area contributed by atoms with Crippen LogP contribution in [0.25, 0.3) is 0 Å². The lowest BCUT2D eigenvalue weighted by atomic mass is 10.1. The summed E-state index contributed by atoms with van der Waals surface area (Å²) in [5, 5.41) is 4.16. The van der Waals surface area contributed by atoms with E-state index in [1.807, 2.05) is 19.1 Å². The Bertz CT molecular complexity index is 839. The molecule has 5 nitrogen and oxygen atoms in total. The molecule has 2 N–H and O–H groups in total. The molecule has 2 aromatic rings. The minimum Gasteiger partial charge on any atom is -0.493 e. The Morgan fingerprint density at radius 3 is 2.47 bits per heavy atom. The van der Waals surface area contributed by atoms with Crippen LogP contribution in [0, 0.1) is 13.8 Å². The molecule has 0 spiro atoms. The number of hydrogen-bond donors (Lipinski definition) is 2. The number of aryl methyl sites for hydroxylation is 2. The minimum absolute atomic E-state index is 0.610. The third-order valence-electron chi connectivity index (χ3n) is 5.05. The molecule has 2 aromatic carbocycles. The van der Waals surface area contributed by atoms with E-state index in [0.29, 0.717) is 13.2 Å². The van der Waals surface area contributed by atoms with Crippen molar-refractivity contribution >= 4 is 23.0 Å². The number of ether oxygens (including phenoxy) is 2. The molecule has 0 atom stereocenters. The fourth-order valence-corrected chi connectivity index (χ4v) is 3.48. The molecule has 164 valence electrons. The van der Waals surface area contributed by atoms with Crippen molar-refractivity contribution in [2.75, 3.05) is 46.2 Å². The molecule has 30 heavy (non-hydrogen) atoms. The van der Waals surface area contributed by atoms with Gasteiger partial charge in [-0.25, -0.2) is 0 Å². The third kappa shape index (κ3) is 7.18. The Labute approximate surface area is 187 Å². The number of anilines is 1. The average molecular weight is 431 g/mol. The zero-order valence-corrected chi connectivity index (χ0v) is 20.0. The number of thiocarbonyl (C=S) groups is 1. The van der Waals surface area contributed by atoms with Crippen molar-refractivity contribution in [3.05, 3.63) is 53.1 Å². The molecule has 0 saturated carbocycles. The third-order valence-corrected chi connectivity index (χ3v) is 5.41. The van der Waals surface area contributed by atoms with Crippen LogP contribution < -0.4 is 19.7 Å². The van der Waals surface area contributed by atoms with Gasteiger partial charge in [-0.3, -0.25) is 0 Å². The molecule has 0 aliphatic heterocycles. The van der Waals surface area contributed by atoms with Gasteiger partial charge in [0.05, 0.1) is 34.4 Å². The van der Waals surface area contributed by atoms with Crippen LogP contribution in [0.3, 0.4) is 0 Å². The van der Waals surface area contributed by atoms with E-state index in [1.165, 1.54) is 16.0 Å². The molecule has 0 aliphatic rings. The van der Waals surface area contributed by atoms with Crippen molar-refractivity contribution < 1.29 is 14.4 Å². The molecule has 0 unspecified atom stereocenters. The second-order valence-corrected chi connectivity index (χ2v) is 8.27. The molecule has 6 heteroatoms. The summed E-state index contributed by atoms with van der Waals surface area (Å²) < 4.78 is 11.2. The normalized spacial score (nSPS) is 10.8. The maximum Gasteiger partial charge on any atom is 0.173 e. The summed E-state index contributed by atoms with van der Waals surface area (Å²) in [4.78, 5) is 3.66. The molecule has 0 aromatic heterocycles. The number of methoxy groups -OCH3 is 1. The summed E-state index contributed by atoms with van der Waals surface area (Å²) in [6.45, 7) is 9.51. The minimum atomic E-state index is 0.610. The number of nitrogens with one attached hydrogen (secondary N) is 2. The van der Waals surface area contributed by atoms with Gasteiger partial charge in [-0.1, -0.05) is 12.1 Å². The summed E-state index contributed by atoms with van der Waals surface area (Å²) in [5.41, 5.74) is 4.69. The van der Waals surface area contributed by atoms with Crippen LogP contribution in [-0.4, -0.2) is 50.9 Å². The van der Waals surface area contributed by atoms with Crippen molar-refractivity contribution in [3.63, 3.8) is 0 Å². The summed E-state index contributed by atoms with van der Waals surface area (Å²) in [5.74, 6) is 1.52. The van der Waals surface area contributed by atoms with Crippen LogP contribution in [0.4, 0.5) is 5.69 Å². The number of rotatable bonds is 10. The van der Waals surface area contributed by atoms with E-state index >= 15 is 0 Å². The van der Waals surface area contributed by atoms with E-state index in [2.05, 4.69) is 62.4 Å². The number of benzene rings is 2.